The van der Waals surface area contributed by atoms with Crippen LogP contribution in [-0.4, -0.2) is 46.1 Å². The van der Waals surface area contributed by atoms with Gasteiger partial charge in [-0.1, -0.05) is 79.4 Å². The predicted octanol–water partition coefficient (Wildman–Crippen LogP) is 10.7. The molecule has 0 spiro atoms. The van der Waals surface area contributed by atoms with Gasteiger partial charge in [0.1, 0.15) is 0 Å². The van der Waals surface area contributed by atoms with Gasteiger partial charge in [-0.15, -0.1) is 0 Å². The third-order valence-electron chi connectivity index (χ3n) is 10.9. The molecular formula is C48H46N4O4. The zero-order chi connectivity index (χ0) is 39.5. The van der Waals surface area contributed by atoms with Gasteiger partial charge in [-0.25, -0.2) is 9.97 Å². The van der Waals surface area contributed by atoms with E-state index in [0.29, 0.717) is 12.8 Å². The SMILES string of the molecule is C=C(C1=C(C)c2cc3[nH]c(cc4nc(cc5[nH]c(cc1n2)c(C)c5CCC(=O)OC)C(CCC(=O)OC)=C4C)c(C)c3/C=C/c1ccccc1)c1ccccc1. The number of methoxy groups -OCH3 is 2. The molecule has 2 aliphatic rings. The fourth-order valence-corrected chi connectivity index (χ4v) is 7.55. The lowest BCUT2D eigenvalue weighted by molar-refractivity contribution is -0.141. The molecule has 0 atom stereocenters. The van der Waals surface area contributed by atoms with Crippen LogP contribution < -0.4 is 0 Å². The third kappa shape index (κ3) is 7.55. The highest BCUT2D eigenvalue weighted by molar-refractivity contribution is 6.15. The van der Waals surface area contributed by atoms with E-state index in [1.54, 1.807) is 0 Å². The Balaban J connectivity index is 1.57. The minimum atomic E-state index is -0.286. The van der Waals surface area contributed by atoms with E-state index in [-0.39, 0.29) is 24.8 Å². The molecule has 8 heteroatoms. The number of aromatic nitrogens is 4. The van der Waals surface area contributed by atoms with Crippen molar-refractivity contribution in [2.45, 2.75) is 53.4 Å². The molecule has 8 nitrogen and oxygen atoms in total. The fourth-order valence-electron chi connectivity index (χ4n) is 7.55. The Kier molecular flexibility index (Phi) is 10.8. The molecule has 0 saturated heterocycles. The number of hydrogen-bond acceptors (Lipinski definition) is 6. The average Bonchev–Trinajstić information content (AvgIpc) is 3.88. The van der Waals surface area contributed by atoms with Crippen LogP contribution in [0.1, 0.15) is 89.3 Å². The minimum absolute atomic E-state index is 0.217. The minimum Gasteiger partial charge on any atom is -0.469 e. The van der Waals surface area contributed by atoms with Gasteiger partial charge in [0.25, 0.3) is 0 Å². The summed E-state index contributed by atoms with van der Waals surface area (Å²) < 4.78 is 10.1. The third-order valence-corrected chi connectivity index (χ3v) is 10.9. The molecule has 5 aromatic rings. The van der Waals surface area contributed by atoms with Crippen molar-refractivity contribution >= 4 is 74.0 Å². The number of benzene rings is 2. The normalized spacial score (nSPS) is 12.8. The number of hydrogen-bond donors (Lipinski definition) is 2. The molecule has 2 aliphatic heterocycles. The van der Waals surface area contributed by atoms with Crippen molar-refractivity contribution in [3.63, 3.8) is 0 Å². The Morgan fingerprint density at radius 1 is 0.643 bits per heavy atom. The van der Waals surface area contributed by atoms with Crippen molar-refractivity contribution in [1.82, 2.24) is 19.9 Å². The number of carbonyl (C=O) groups excluding carboxylic acids is 2. The summed E-state index contributed by atoms with van der Waals surface area (Å²) >= 11 is 0. The first-order valence-electron chi connectivity index (χ1n) is 18.8. The molecule has 7 rings (SSSR count). The molecule has 282 valence electrons. The lowest BCUT2D eigenvalue weighted by atomic mass is 9.93. The van der Waals surface area contributed by atoms with Crippen LogP contribution in [0.25, 0.3) is 62.1 Å². The molecule has 2 aromatic carbocycles. The van der Waals surface area contributed by atoms with Crippen molar-refractivity contribution in [2.75, 3.05) is 14.2 Å². The number of H-pyrrole nitrogens is 2. The van der Waals surface area contributed by atoms with Crippen LogP contribution in [0.5, 0.6) is 0 Å². The monoisotopic (exact) mass is 742 g/mol. The molecule has 5 heterocycles. The first-order valence-corrected chi connectivity index (χ1v) is 18.8. The summed E-state index contributed by atoms with van der Waals surface area (Å²) in [6.07, 6.45) is 5.63. The van der Waals surface area contributed by atoms with Crippen molar-refractivity contribution in [2.24, 2.45) is 0 Å². The molecule has 8 bridgehead atoms. The van der Waals surface area contributed by atoms with Crippen LogP contribution in [-0.2, 0) is 25.5 Å². The Hall–Kier alpha value is -6.54. The second-order valence-electron chi connectivity index (χ2n) is 14.2. The maximum Gasteiger partial charge on any atom is 0.305 e. The number of aryl methyl sites for hydroxylation is 3. The van der Waals surface area contributed by atoms with E-state index in [9.17, 15) is 9.59 Å². The van der Waals surface area contributed by atoms with E-state index in [1.807, 2.05) is 42.5 Å². The van der Waals surface area contributed by atoms with Crippen LogP contribution in [0.3, 0.4) is 0 Å². The van der Waals surface area contributed by atoms with Gasteiger partial charge in [-0.3, -0.25) is 9.59 Å². The van der Waals surface area contributed by atoms with Gasteiger partial charge in [0, 0.05) is 46.0 Å². The van der Waals surface area contributed by atoms with Crippen molar-refractivity contribution < 1.29 is 19.1 Å². The second-order valence-corrected chi connectivity index (χ2v) is 14.2. The summed E-state index contributed by atoms with van der Waals surface area (Å²) in [4.78, 5) is 42.7. The molecular weight excluding hydrogens is 697 g/mol. The maximum atomic E-state index is 12.4. The van der Waals surface area contributed by atoms with Gasteiger partial charge in [0.15, 0.2) is 0 Å². The van der Waals surface area contributed by atoms with E-state index in [0.717, 1.165) is 106 Å². The predicted molar refractivity (Wildman–Crippen MR) is 228 cm³/mol. The highest BCUT2D eigenvalue weighted by Crippen LogP contribution is 2.40. The highest BCUT2D eigenvalue weighted by atomic mass is 16.5. The molecule has 0 amide bonds. The van der Waals surface area contributed by atoms with Crippen molar-refractivity contribution in [3.05, 3.63) is 148 Å². The van der Waals surface area contributed by atoms with E-state index in [2.05, 4.69) is 98.9 Å². The Morgan fingerprint density at radius 2 is 1.20 bits per heavy atom. The molecule has 2 N–H and O–H groups in total. The van der Waals surface area contributed by atoms with Gasteiger partial charge in [0.05, 0.1) is 37.0 Å². The van der Waals surface area contributed by atoms with Crippen LogP contribution in [0.4, 0.5) is 0 Å². The topological polar surface area (TPSA) is 110 Å². The molecule has 0 radical (unpaired) electrons. The number of allylic oxidation sites excluding steroid dienone is 5. The van der Waals surface area contributed by atoms with E-state index < -0.39 is 0 Å². The summed E-state index contributed by atoms with van der Waals surface area (Å²) in [5.74, 6) is -0.571. The van der Waals surface area contributed by atoms with Crippen LogP contribution in [0.2, 0.25) is 0 Å². The first kappa shape index (κ1) is 37.8. The van der Waals surface area contributed by atoms with Gasteiger partial charge in [-0.2, -0.15) is 0 Å². The number of nitrogens with zero attached hydrogens (tertiary/aromatic N) is 2. The zero-order valence-corrected chi connectivity index (χ0v) is 32.8. The van der Waals surface area contributed by atoms with Crippen molar-refractivity contribution in [1.29, 1.82) is 0 Å². The Bertz CT molecular complexity index is 2640. The maximum absolute atomic E-state index is 12.4. The number of nitrogens with one attached hydrogen (secondary N) is 2. The first-order chi connectivity index (χ1) is 27.1. The van der Waals surface area contributed by atoms with Crippen LogP contribution in [0.15, 0.2) is 91.5 Å². The number of aromatic amines is 2. The molecule has 0 aliphatic carbocycles. The number of fused-ring (bicyclic) bond motifs is 8. The van der Waals surface area contributed by atoms with Gasteiger partial charge in [0.2, 0.25) is 0 Å². The number of carbonyl (C=O) groups is 2. The van der Waals surface area contributed by atoms with E-state index >= 15 is 0 Å². The number of esters is 2. The standard InChI is InChI=1S/C48H46N4O4/c1-28(34-16-12-9-13-17-34)48-32(5)41-25-42-35(19-18-33-14-10-8-11-15-33)29(2)38(49-42)24-39-30(3)36(20-22-46(53)55-6)43(50-39)27-44-37(21-23-47(54)56-7)31(4)40(51-44)26-45(48)52-41/h8-19,24-27,49,51H,1,20-23H2,2-7H3/b19-18+,38-24?,39-24?,40-26?,41-25?,42-25?,43-27?,44-27?,45-26?. The smallest absolute Gasteiger partial charge is 0.305 e. The van der Waals surface area contributed by atoms with Gasteiger partial charge < -0.3 is 19.4 Å². The number of ether oxygens (including phenoxy) is 2. The van der Waals surface area contributed by atoms with Crippen LogP contribution >= 0.6 is 0 Å². The van der Waals surface area contributed by atoms with E-state index in [1.165, 1.54) is 14.2 Å². The second kappa shape index (κ2) is 16.1. The molecule has 56 heavy (non-hydrogen) atoms. The summed E-state index contributed by atoms with van der Waals surface area (Å²) in [7, 11) is 2.81. The summed E-state index contributed by atoms with van der Waals surface area (Å²) in [5, 5.41) is 0. The average molecular weight is 743 g/mol. The molecule has 3 aromatic heterocycles. The largest absolute Gasteiger partial charge is 0.469 e. The number of rotatable bonds is 10. The fraction of sp³-hybridized carbons (Fsp3) is 0.208. The summed E-state index contributed by atoms with van der Waals surface area (Å²) in [5.41, 5.74) is 17.7. The molecule has 0 fully saturated rings. The van der Waals surface area contributed by atoms with Gasteiger partial charge in [-0.05, 0) is 115 Å². The Morgan fingerprint density at radius 3 is 1.89 bits per heavy atom. The lowest BCUT2D eigenvalue weighted by Crippen LogP contribution is -2.02. The zero-order valence-electron chi connectivity index (χ0n) is 32.8. The summed E-state index contributed by atoms with van der Waals surface area (Å²) in [6.45, 7) is 12.9. The summed E-state index contributed by atoms with van der Waals surface area (Å²) in [6, 6.07) is 28.8. The lowest BCUT2D eigenvalue weighted by Gasteiger charge is -2.09. The highest BCUT2D eigenvalue weighted by Gasteiger charge is 2.23. The molecule has 0 unspecified atom stereocenters. The Labute approximate surface area is 327 Å². The van der Waals surface area contributed by atoms with E-state index in [4.69, 9.17) is 19.4 Å². The van der Waals surface area contributed by atoms with Crippen molar-refractivity contribution in [3.8, 4) is 0 Å². The quantitative estimate of drug-likeness (QED) is 0.138. The molecule has 0 saturated carbocycles. The van der Waals surface area contributed by atoms with Crippen LogP contribution in [0, 0.1) is 13.8 Å². The van der Waals surface area contributed by atoms with Gasteiger partial charge >= 0.3 is 11.9 Å².